The van der Waals surface area contributed by atoms with Gasteiger partial charge in [0.15, 0.2) is 6.23 Å². The summed E-state index contributed by atoms with van der Waals surface area (Å²) in [5.41, 5.74) is 6.24. The molecular weight excluding hydrogens is 430 g/mol. The number of benzene rings is 2. The van der Waals surface area contributed by atoms with Crippen LogP contribution in [0.25, 0.3) is 11.3 Å². The van der Waals surface area contributed by atoms with Crippen molar-refractivity contribution in [2.24, 2.45) is 0 Å². The summed E-state index contributed by atoms with van der Waals surface area (Å²) in [6, 6.07) is 10.3. The summed E-state index contributed by atoms with van der Waals surface area (Å²) < 4.78 is 14.1. The highest BCUT2D eigenvalue weighted by Crippen LogP contribution is 2.46. The maximum atomic E-state index is 12.1. The third-order valence-electron chi connectivity index (χ3n) is 7.08. The van der Waals surface area contributed by atoms with Crippen molar-refractivity contribution in [1.29, 1.82) is 0 Å². The number of ether oxygens (including phenoxy) is 2. The predicted molar refractivity (Wildman–Crippen MR) is 130 cm³/mol. The van der Waals surface area contributed by atoms with Gasteiger partial charge in [0.2, 0.25) is 0 Å². The van der Waals surface area contributed by atoms with Gasteiger partial charge in [-0.1, -0.05) is 24.3 Å². The van der Waals surface area contributed by atoms with Crippen LogP contribution in [-0.2, 0) is 17.6 Å². The maximum absolute atomic E-state index is 12.1. The maximum Gasteiger partial charge on any atom is 0.276 e. The highest BCUT2D eigenvalue weighted by atomic mass is 16.6. The first-order valence-corrected chi connectivity index (χ1v) is 12.0. The molecule has 0 amide bonds. The second-order valence-electron chi connectivity index (χ2n) is 10.0. The molecule has 1 aromatic heterocycles. The van der Waals surface area contributed by atoms with Gasteiger partial charge in [-0.15, -0.1) is 0 Å². The quantitative estimate of drug-likeness (QED) is 0.340. The first kappa shape index (κ1) is 22.6. The third-order valence-corrected chi connectivity index (χ3v) is 7.08. The molecule has 34 heavy (non-hydrogen) atoms. The lowest BCUT2D eigenvalue weighted by atomic mass is 9.88. The topological polar surface area (TPSA) is 79.4 Å². The summed E-state index contributed by atoms with van der Waals surface area (Å²) in [4.78, 5) is 11.9. The highest BCUT2D eigenvalue weighted by molar-refractivity contribution is 5.65. The van der Waals surface area contributed by atoms with E-state index in [0.717, 1.165) is 65.1 Å². The Bertz CT molecular complexity index is 1240. The zero-order valence-corrected chi connectivity index (χ0v) is 20.3. The molecule has 178 valence electrons. The standard InChI is InChI=1S/C27H31N3O4/c1-17-18(2)26-22(16-27(3,4)34-26)21(25(17)30(31)32)15-19-8-10-20(11-9-19)23-12-13-28-29(23)24-7-5-6-14-33-24/h8-13,24H,5-7,14-16H2,1-4H3. The number of rotatable bonds is 5. The summed E-state index contributed by atoms with van der Waals surface area (Å²) in [5, 5.41) is 16.6. The second-order valence-corrected chi connectivity index (χ2v) is 10.0. The molecule has 0 aliphatic carbocycles. The Morgan fingerprint density at radius 1 is 1.15 bits per heavy atom. The lowest BCUT2D eigenvalue weighted by molar-refractivity contribution is -0.386. The van der Waals surface area contributed by atoms with E-state index in [0.29, 0.717) is 18.4 Å². The van der Waals surface area contributed by atoms with Crippen LogP contribution in [0.3, 0.4) is 0 Å². The van der Waals surface area contributed by atoms with Gasteiger partial charge in [-0.2, -0.15) is 5.10 Å². The molecular formula is C27H31N3O4. The molecule has 3 heterocycles. The van der Waals surface area contributed by atoms with Gasteiger partial charge >= 0.3 is 0 Å². The minimum Gasteiger partial charge on any atom is -0.487 e. The smallest absolute Gasteiger partial charge is 0.276 e. The van der Waals surface area contributed by atoms with Gasteiger partial charge < -0.3 is 9.47 Å². The van der Waals surface area contributed by atoms with Crippen LogP contribution in [0.2, 0.25) is 0 Å². The van der Waals surface area contributed by atoms with Gasteiger partial charge in [0.1, 0.15) is 11.4 Å². The largest absolute Gasteiger partial charge is 0.487 e. The molecule has 3 aromatic rings. The van der Waals surface area contributed by atoms with Gasteiger partial charge in [-0.3, -0.25) is 10.1 Å². The minimum atomic E-state index is -0.368. The van der Waals surface area contributed by atoms with Crippen molar-refractivity contribution < 1.29 is 14.4 Å². The van der Waals surface area contributed by atoms with Crippen molar-refractivity contribution in [3.8, 4) is 17.0 Å². The molecule has 2 aliphatic rings. The summed E-state index contributed by atoms with van der Waals surface area (Å²) in [5.74, 6) is 0.816. The molecule has 1 saturated heterocycles. The fourth-order valence-corrected chi connectivity index (χ4v) is 5.27. The van der Waals surface area contributed by atoms with Crippen molar-refractivity contribution in [2.75, 3.05) is 6.61 Å². The Hall–Kier alpha value is -3.19. The van der Waals surface area contributed by atoms with Crippen LogP contribution in [-0.4, -0.2) is 26.9 Å². The number of aromatic nitrogens is 2. The van der Waals surface area contributed by atoms with Crippen LogP contribution in [0.5, 0.6) is 5.75 Å². The van der Waals surface area contributed by atoms with E-state index in [4.69, 9.17) is 9.47 Å². The molecule has 7 heteroatoms. The SMILES string of the molecule is Cc1c(C)c([N+](=O)[O-])c(Cc2ccc(-c3ccnn3C3CCCCO3)cc2)c2c1OC(C)(C)C2. The van der Waals surface area contributed by atoms with Crippen LogP contribution in [0.1, 0.15) is 67.2 Å². The Labute approximate surface area is 199 Å². The van der Waals surface area contributed by atoms with Crippen molar-refractivity contribution in [2.45, 2.75) is 71.6 Å². The van der Waals surface area contributed by atoms with Gasteiger partial charge in [-0.05, 0) is 64.2 Å². The van der Waals surface area contributed by atoms with E-state index >= 15 is 0 Å². The monoisotopic (exact) mass is 461 g/mol. The van der Waals surface area contributed by atoms with E-state index < -0.39 is 0 Å². The second kappa shape index (κ2) is 8.55. The van der Waals surface area contributed by atoms with Gasteiger partial charge in [0, 0.05) is 47.9 Å². The van der Waals surface area contributed by atoms with Crippen LogP contribution in [0.4, 0.5) is 5.69 Å². The summed E-state index contributed by atoms with van der Waals surface area (Å²) in [6.45, 7) is 8.57. The molecule has 2 aliphatic heterocycles. The van der Waals surface area contributed by atoms with Crippen LogP contribution < -0.4 is 4.74 Å². The van der Waals surface area contributed by atoms with E-state index in [2.05, 4.69) is 29.4 Å². The lowest BCUT2D eigenvalue weighted by Gasteiger charge is -2.24. The Morgan fingerprint density at radius 2 is 1.91 bits per heavy atom. The summed E-state index contributed by atoms with van der Waals surface area (Å²) >= 11 is 0. The highest BCUT2D eigenvalue weighted by Gasteiger charge is 2.38. The van der Waals surface area contributed by atoms with Crippen LogP contribution in [0, 0.1) is 24.0 Å². The number of hydrogen-bond acceptors (Lipinski definition) is 5. The van der Waals surface area contributed by atoms with E-state index in [1.807, 2.05) is 44.6 Å². The Morgan fingerprint density at radius 3 is 2.59 bits per heavy atom. The molecule has 0 radical (unpaired) electrons. The first-order valence-electron chi connectivity index (χ1n) is 12.0. The number of hydrogen-bond donors (Lipinski definition) is 0. The summed E-state index contributed by atoms with van der Waals surface area (Å²) in [6.07, 6.45) is 6.14. The Balaban J connectivity index is 1.48. The average molecular weight is 462 g/mol. The van der Waals surface area contributed by atoms with Gasteiger partial charge in [-0.25, -0.2) is 4.68 Å². The Kier molecular flexibility index (Phi) is 5.68. The first-order chi connectivity index (χ1) is 16.2. The van der Waals surface area contributed by atoms with Crippen molar-refractivity contribution in [3.05, 3.63) is 74.5 Å². The number of nitro benzene ring substituents is 1. The molecule has 0 saturated carbocycles. The number of nitrogens with zero attached hydrogens (tertiary/aromatic N) is 3. The van der Waals surface area contributed by atoms with Crippen LogP contribution in [0.15, 0.2) is 36.5 Å². The van der Waals surface area contributed by atoms with Crippen molar-refractivity contribution >= 4 is 5.69 Å². The third kappa shape index (κ3) is 3.98. The van der Waals surface area contributed by atoms with E-state index in [-0.39, 0.29) is 22.4 Å². The molecule has 5 rings (SSSR count). The molecule has 1 unspecified atom stereocenters. The minimum absolute atomic E-state index is 0.0254. The number of fused-ring (bicyclic) bond motifs is 1. The lowest BCUT2D eigenvalue weighted by Crippen LogP contribution is -2.25. The van der Waals surface area contributed by atoms with Crippen molar-refractivity contribution in [1.82, 2.24) is 9.78 Å². The molecule has 0 spiro atoms. The van der Waals surface area contributed by atoms with Crippen molar-refractivity contribution in [3.63, 3.8) is 0 Å². The fourth-order valence-electron chi connectivity index (χ4n) is 5.27. The zero-order valence-electron chi connectivity index (χ0n) is 20.3. The molecule has 0 bridgehead atoms. The molecule has 1 fully saturated rings. The molecule has 7 nitrogen and oxygen atoms in total. The van der Waals surface area contributed by atoms with E-state index in [1.165, 1.54) is 0 Å². The zero-order chi connectivity index (χ0) is 24.0. The van der Waals surface area contributed by atoms with Crippen LogP contribution >= 0.6 is 0 Å². The molecule has 0 N–H and O–H groups in total. The van der Waals surface area contributed by atoms with E-state index in [9.17, 15) is 10.1 Å². The van der Waals surface area contributed by atoms with E-state index in [1.54, 1.807) is 0 Å². The van der Waals surface area contributed by atoms with Gasteiger partial charge in [0.25, 0.3) is 5.69 Å². The summed E-state index contributed by atoms with van der Waals surface area (Å²) in [7, 11) is 0. The normalized spacial score (nSPS) is 19.0. The predicted octanol–water partition coefficient (Wildman–Crippen LogP) is 6.08. The molecule has 2 aromatic carbocycles. The van der Waals surface area contributed by atoms with Gasteiger partial charge in [0.05, 0.1) is 10.6 Å². The number of nitro groups is 1. The fraction of sp³-hybridized carbons (Fsp3) is 0.444. The molecule has 1 atom stereocenters. The average Bonchev–Trinajstić information content (AvgIpc) is 3.42.